The number of para-hydroxylation sites is 1. The van der Waals surface area contributed by atoms with Crippen molar-refractivity contribution in [2.24, 2.45) is 0 Å². The predicted molar refractivity (Wildman–Crippen MR) is 109 cm³/mol. The minimum atomic E-state index is -0.198. The third kappa shape index (κ3) is 4.70. The molecule has 0 aliphatic heterocycles. The fourth-order valence-corrected chi connectivity index (χ4v) is 2.95. The lowest BCUT2D eigenvalue weighted by atomic mass is 10.0. The summed E-state index contributed by atoms with van der Waals surface area (Å²) in [5.41, 5.74) is 5.48. The van der Waals surface area contributed by atoms with Gasteiger partial charge in [0.25, 0.3) is 5.91 Å². The molecule has 0 spiro atoms. The van der Waals surface area contributed by atoms with Crippen molar-refractivity contribution in [3.8, 4) is 0 Å². The van der Waals surface area contributed by atoms with Crippen LogP contribution in [0.5, 0.6) is 0 Å². The molecule has 0 unspecified atom stereocenters. The van der Waals surface area contributed by atoms with E-state index in [1.807, 2.05) is 42.6 Å². The summed E-state index contributed by atoms with van der Waals surface area (Å²) in [6.45, 7) is 4.81. The predicted octanol–water partition coefficient (Wildman–Crippen LogP) is 4.47. The first-order valence-corrected chi connectivity index (χ1v) is 9.22. The van der Waals surface area contributed by atoms with Gasteiger partial charge in [-0.05, 0) is 47.7 Å². The summed E-state index contributed by atoms with van der Waals surface area (Å²) in [7, 11) is 0. The number of anilines is 2. The van der Waals surface area contributed by atoms with E-state index in [0.29, 0.717) is 12.2 Å². The van der Waals surface area contributed by atoms with Crippen molar-refractivity contribution in [2.45, 2.75) is 33.2 Å². The lowest BCUT2D eigenvalue weighted by Crippen LogP contribution is -2.16. The normalized spacial score (nSPS) is 10.4. The van der Waals surface area contributed by atoms with Crippen LogP contribution in [0.15, 0.2) is 61.1 Å². The van der Waals surface area contributed by atoms with E-state index in [-0.39, 0.29) is 5.91 Å². The van der Waals surface area contributed by atoms with Gasteiger partial charge in [0.15, 0.2) is 0 Å². The standard InChI is InChI=1S/C22H24N4O/c1-3-17-8-5-9-18(4-2)21(17)26-22(27)20-13-19(10-12-24-20)25-15-16-7-6-11-23-14-16/h5-14H,3-4,15H2,1-2H3,(H,24,25)(H,26,27). The number of benzene rings is 1. The number of aryl methyl sites for hydroxylation is 2. The molecule has 0 aliphatic rings. The molecule has 1 amide bonds. The van der Waals surface area contributed by atoms with Crippen LogP contribution in [0.4, 0.5) is 11.4 Å². The number of pyridine rings is 2. The zero-order valence-corrected chi connectivity index (χ0v) is 15.7. The average molecular weight is 360 g/mol. The van der Waals surface area contributed by atoms with Crippen LogP contribution in [0.25, 0.3) is 0 Å². The Morgan fingerprint density at radius 2 is 1.78 bits per heavy atom. The van der Waals surface area contributed by atoms with Crippen LogP contribution < -0.4 is 10.6 Å². The number of hydrogen-bond acceptors (Lipinski definition) is 4. The molecular formula is C22H24N4O. The summed E-state index contributed by atoms with van der Waals surface area (Å²) >= 11 is 0. The van der Waals surface area contributed by atoms with Crippen molar-refractivity contribution in [3.63, 3.8) is 0 Å². The van der Waals surface area contributed by atoms with Gasteiger partial charge in [-0.2, -0.15) is 0 Å². The largest absolute Gasteiger partial charge is 0.381 e. The molecule has 5 nitrogen and oxygen atoms in total. The monoisotopic (exact) mass is 360 g/mol. The summed E-state index contributed by atoms with van der Waals surface area (Å²) in [6, 6.07) is 13.7. The van der Waals surface area contributed by atoms with Gasteiger partial charge in [0.1, 0.15) is 5.69 Å². The molecule has 0 radical (unpaired) electrons. The van der Waals surface area contributed by atoms with Gasteiger partial charge < -0.3 is 10.6 Å². The van der Waals surface area contributed by atoms with E-state index in [9.17, 15) is 4.79 Å². The first kappa shape index (κ1) is 18.6. The maximum absolute atomic E-state index is 12.8. The summed E-state index contributed by atoms with van der Waals surface area (Å²) in [6.07, 6.45) is 6.94. The van der Waals surface area contributed by atoms with Crippen molar-refractivity contribution >= 4 is 17.3 Å². The molecule has 0 saturated carbocycles. The zero-order valence-electron chi connectivity index (χ0n) is 15.7. The second-order valence-electron chi connectivity index (χ2n) is 6.26. The van der Waals surface area contributed by atoms with Gasteiger partial charge in [0, 0.05) is 36.5 Å². The van der Waals surface area contributed by atoms with Crippen molar-refractivity contribution in [1.82, 2.24) is 9.97 Å². The number of carbonyl (C=O) groups is 1. The van der Waals surface area contributed by atoms with Crippen molar-refractivity contribution < 1.29 is 4.79 Å². The minimum Gasteiger partial charge on any atom is -0.381 e. The molecule has 0 fully saturated rings. The number of hydrogen-bond donors (Lipinski definition) is 2. The molecule has 0 aliphatic carbocycles. The lowest BCUT2D eigenvalue weighted by Gasteiger charge is -2.14. The van der Waals surface area contributed by atoms with Crippen molar-refractivity contribution in [2.75, 3.05) is 10.6 Å². The van der Waals surface area contributed by atoms with Crippen LogP contribution in [-0.4, -0.2) is 15.9 Å². The van der Waals surface area contributed by atoms with Gasteiger partial charge in [-0.25, -0.2) is 0 Å². The first-order valence-electron chi connectivity index (χ1n) is 9.22. The van der Waals surface area contributed by atoms with Crippen LogP contribution in [0.3, 0.4) is 0 Å². The number of aromatic nitrogens is 2. The topological polar surface area (TPSA) is 66.9 Å². The fourth-order valence-electron chi connectivity index (χ4n) is 2.95. The number of rotatable bonds is 7. The SMILES string of the molecule is CCc1cccc(CC)c1NC(=O)c1cc(NCc2cccnc2)ccn1. The van der Waals surface area contributed by atoms with E-state index >= 15 is 0 Å². The number of carbonyl (C=O) groups excluding carboxylic acids is 1. The Hall–Kier alpha value is -3.21. The highest BCUT2D eigenvalue weighted by Crippen LogP contribution is 2.23. The van der Waals surface area contributed by atoms with Gasteiger partial charge in [-0.1, -0.05) is 38.1 Å². The first-order chi connectivity index (χ1) is 13.2. The van der Waals surface area contributed by atoms with Gasteiger partial charge in [-0.15, -0.1) is 0 Å². The summed E-state index contributed by atoms with van der Waals surface area (Å²) in [5, 5.41) is 6.36. The maximum Gasteiger partial charge on any atom is 0.274 e. The average Bonchev–Trinajstić information content (AvgIpc) is 2.73. The Bertz CT molecular complexity index is 887. The van der Waals surface area contributed by atoms with E-state index in [4.69, 9.17) is 0 Å². The summed E-state index contributed by atoms with van der Waals surface area (Å²) in [5.74, 6) is -0.198. The molecule has 2 N–H and O–H groups in total. The van der Waals surface area contributed by atoms with E-state index in [1.54, 1.807) is 18.5 Å². The molecule has 0 atom stereocenters. The van der Waals surface area contributed by atoms with Crippen LogP contribution in [-0.2, 0) is 19.4 Å². The number of nitrogens with zero attached hydrogens (tertiary/aromatic N) is 2. The molecule has 2 heterocycles. The molecule has 138 valence electrons. The van der Waals surface area contributed by atoms with E-state index in [1.165, 1.54) is 0 Å². The minimum absolute atomic E-state index is 0.198. The number of nitrogens with one attached hydrogen (secondary N) is 2. The van der Waals surface area contributed by atoms with Crippen LogP contribution in [0.1, 0.15) is 41.0 Å². The molecule has 2 aromatic heterocycles. The smallest absolute Gasteiger partial charge is 0.274 e. The quantitative estimate of drug-likeness (QED) is 0.652. The Morgan fingerprint density at radius 1 is 1.00 bits per heavy atom. The Balaban J connectivity index is 1.74. The Morgan fingerprint density at radius 3 is 2.44 bits per heavy atom. The van der Waals surface area contributed by atoms with E-state index in [2.05, 4.69) is 34.4 Å². The molecule has 3 rings (SSSR count). The van der Waals surface area contributed by atoms with Gasteiger partial charge >= 0.3 is 0 Å². The highest BCUT2D eigenvalue weighted by atomic mass is 16.1. The van der Waals surface area contributed by atoms with Crippen molar-refractivity contribution in [3.05, 3.63) is 83.4 Å². The maximum atomic E-state index is 12.8. The third-order valence-electron chi connectivity index (χ3n) is 4.45. The highest BCUT2D eigenvalue weighted by molar-refractivity contribution is 6.04. The molecule has 0 saturated heterocycles. The molecular weight excluding hydrogens is 336 g/mol. The summed E-state index contributed by atoms with van der Waals surface area (Å²) in [4.78, 5) is 21.1. The van der Waals surface area contributed by atoms with Gasteiger partial charge in [0.05, 0.1) is 0 Å². The summed E-state index contributed by atoms with van der Waals surface area (Å²) < 4.78 is 0. The highest BCUT2D eigenvalue weighted by Gasteiger charge is 2.13. The van der Waals surface area contributed by atoms with Crippen LogP contribution >= 0.6 is 0 Å². The molecule has 27 heavy (non-hydrogen) atoms. The second kappa shape index (κ2) is 8.94. The van der Waals surface area contributed by atoms with E-state index in [0.717, 1.165) is 40.9 Å². The molecule has 5 heteroatoms. The van der Waals surface area contributed by atoms with E-state index < -0.39 is 0 Å². The zero-order chi connectivity index (χ0) is 19.1. The molecule has 3 aromatic rings. The van der Waals surface area contributed by atoms with Crippen LogP contribution in [0, 0.1) is 0 Å². The third-order valence-corrected chi connectivity index (χ3v) is 4.45. The number of amides is 1. The second-order valence-corrected chi connectivity index (χ2v) is 6.26. The molecule has 0 bridgehead atoms. The fraction of sp³-hybridized carbons (Fsp3) is 0.227. The Kier molecular flexibility index (Phi) is 6.15. The molecule has 1 aromatic carbocycles. The van der Waals surface area contributed by atoms with Gasteiger partial charge in [0.2, 0.25) is 0 Å². The van der Waals surface area contributed by atoms with Gasteiger partial charge in [-0.3, -0.25) is 14.8 Å². The van der Waals surface area contributed by atoms with Crippen LogP contribution in [0.2, 0.25) is 0 Å². The van der Waals surface area contributed by atoms with Crippen molar-refractivity contribution in [1.29, 1.82) is 0 Å². The Labute approximate surface area is 159 Å². The lowest BCUT2D eigenvalue weighted by molar-refractivity contribution is 0.102.